The first kappa shape index (κ1) is 19.9. The maximum atomic E-state index is 10.8. The molecule has 0 aromatic carbocycles. The van der Waals surface area contributed by atoms with E-state index in [9.17, 15) is 4.79 Å². The number of hydrogen-bond donors (Lipinski definition) is 2. The van der Waals surface area contributed by atoms with E-state index in [0.29, 0.717) is 34.7 Å². The predicted molar refractivity (Wildman–Crippen MR) is 98.0 cm³/mol. The van der Waals surface area contributed by atoms with Gasteiger partial charge >= 0.3 is 12.1 Å². The van der Waals surface area contributed by atoms with Gasteiger partial charge in [-0.25, -0.2) is 14.8 Å². The van der Waals surface area contributed by atoms with Crippen molar-refractivity contribution in [2.45, 2.75) is 32.7 Å². The third-order valence-electron chi connectivity index (χ3n) is 3.34. The summed E-state index contributed by atoms with van der Waals surface area (Å²) in [7, 11) is 0. The minimum Gasteiger partial charge on any atom is -0.475 e. The molecule has 2 aromatic heterocycles. The molecule has 9 heteroatoms. The number of aromatic nitrogens is 3. The van der Waals surface area contributed by atoms with Gasteiger partial charge in [0.25, 0.3) is 0 Å². The van der Waals surface area contributed by atoms with Crippen LogP contribution in [-0.4, -0.2) is 33.2 Å². The fourth-order valence-electron chi connectivity index (χ4n) is 2.54. The Morgan fingerprint density at radius 2 is 2.12 bits per heavy atom. The highest BCUT2D eigenvalue weighted by Crippen LogP contribution is 2.28. The standard InChI is InChI=1S/C17H22ClN5O3/c1-10(2)7-17(3,20)9-25-14-12(18)6-11(8-22-14)13-4-5-21-16(23-13)26-15(19)24/h4-6,8,10H,7,9,20H2,1-3H3,(H2,19,24)/t17-/m0/s1. The molecule has 0 fully saturated rings. The van der Waals surface area contributed by atoms with E-state index in [0.717, 1.165) is 6.42 Å². The molecule has 0 bridgehead atoms. The molecule has 4 N–H and O–H groups in total. The van der Waals surface area contributed by atoms with Crippen molar-refractivity contribution in [1.29, 1.82) is 0 Å². The Morgan fingerprint density at radius 3 is 2.73 bits per heavy atom. The Hall–Kier alpha value is -2.45. The fourth-order valence-corrected chi connectivity index (χ4v) is 2.76. The summed E-state index contributed by atoms with van der Waals surface area (Å²) in [6, 6.07) is 3.12. The van der Waals surface area contributed by atoms with Crippen LogP contribution in [0, 0.1) is 5.92 Å². The van der Waals surface area contributed by atoms with Crippen molar-refractivity contribution in [2.24, 2.45) is 17.4 Å². The lowest BCUT2D eigenvalue weighted by atomic mass is 9.93. The molecule has 0 aliphatic heterocycles. The topological polar surface area (TPSA) is 126 Å². The van der Waals surface area contributed by atoms with Crippen LogP contribution in [0.5, 0.6) is 11.9 Å². The number of halogens is 1. The van der Waals surface area contributed by atoms with Crippen LogP contribution in [0.25, 0.3) is 11.3 Å². The van der Waals surface area contributed by atoms with Gasteiger partial charge in [-0.2, -0.15) is 4.98 Å². The molecule has 0 saturated carbocycles. The molecule has 2 rings (SSSR count). The van der Waals surface area contributed by atoms with Crippen LogP contribution in [-0.2, 0) is 0 Å². The SMILES string of the molecule is CC(C)C[C@](C)(N)COc1ncc(-c2ccnc(OC(N)=O)n2)cc1Cl. The van der Waals surface area contributed by atoms with Crippen molar-refractivity contribution in [3.8, 4) is 23.1 Å². The van der Waals surface area contributed by atoms with Gasteiger partial charge in [0.2, 0.25) is 5.88 Å². The van der Waals surface area contributed by atoms with Crippen LogP contribution >= 0.6 is 11.6 Å². The van der Waals surface area contributed by atoms with E-state index in [1.54, 1.807) is 18.3 Å². The second-order valence-electron chi connectivity index (χ2n) is 6.70. The summed E-state index contributed by atoms with van der Waals surface area (Å²) in [4.78, 5) is 22.9. The summed E-state index contributed by atoms with van der Waals surface area (Å²) in [5.74, 6) is 0.743. The Kier molecular flexibility index (Phi) is 6.33. The molecule has 1 atom stereocenters. The van der Waals surface area contributed by atoms with Crippen molar-refractivity contribution in [2.75, 3.05) is 6.61 Å². The first-order valence-corrected chi connectivity index (χ1v) is 8.42. The second-order valence-corrected chi connectivity index (χ2v) is 7.10. The number of pyridine rings is 1. The molecule has 0 aliphatic carbocycles. The van der Waals surface area contributed by atoms with Crippen molar-refractivity contribution >= 4 is 17.7 Å². The predicted octanol–water partition coefficient (Wildman–Crippen LogP) is 2.79. The maximum absolute atomic E-state index is 10.8. The number of carbonyl (C=O) groups is 1. The van der Waals surface area contributed by atoms with E-state index < -0.39 is 11.6 Å². The number of nitrogens with zero attached hydrogens (tertiary/aromatic N) is 3. The van der Waals surface area contributed by atoms with Gasteiger partial charge in [0.15, 0.2) is 0 Å². The summed E-state index contributed by atoms with van der Waals surface area (Å²) in [6.45, 7) is 6.42. The van der Waals surface area contributed by atoms with Gasteiger partial charge < -0.3 is 20.9 Å². The Labute approximate surface area is 156 Å². The third-order valence-corrected chi connectivity index (χ3v) is 3.61. The van der Waals surface area contributed by atoms with E-state index >= 15 is 0 Å². The molecule has 26 heavy (non-hydrogen) atoms. The highest BCUT2D eigenvalue weighted by molar-refractivity contribution is 6.32. The zero-order chi connectivity index (χ0) is 19.3. The van der Waals surface area contributed by atoms with Gasteiger partial charge in [0.05, 0.1) is 5.69 Å². The first-order valence-electron chi connectivity index (χ1n) is 8.04. The van der Waals surface area contributed by atoms with Crippen LogP contribution < -0.4 is 20.9 Å². The number of hydrogen-bond acceptors (Lipinski definition) is 7. The summed E-state index contributed by atoms with van der Waals surface area (Å²) in [5, 5.41) is 0.318. The van der Waals surface area contributed by atoms with Crippen molar-refractivity contribution in [3.05, 3.63) is 29.5 Å². The molecule has 0 spiro atoms. The minimum atomic E-state index is -0.992. The Morgan fingerprint density at radius 1 is 1.38 bits per heavy atom. The van der Waals surface area contributed by atoms with Gasteiger partial charge in [-0.15, -0.1) is 0 Å². The molecule has 0 unspecified atom stereocenters. The van der Waals surface area contributed by atoms with Gasteiger partial charge in [0, 0.05) is 23.5 Å². The van der Waals surface area contributed by atoms with Crippen LogP contribution in [0.3, 0.4) is 0 Å². The lowest BCUT2D eigenvalue weighted by Crippen LogP contribution is -2.43. The second kappa shape index (κ2) is 8.29. The average Bonchev–Trinajstić information content (AvgIpc) is 2.52. The van der Waals surface area contributed by atoms with Gasteiger partial charge in [-0.3, -0.25) is 0 Å². The lowest BCUT2D eigenvalue weighted by molar-refractivity contribution is 0.201. The smallest absolute Gasteiger partial charge is 0.412 e. The summed E-state index contributed by atoms with van der Waals surface area (Å²) < 4.78 is 10.3. The fraction of sp³-hybridized carbons (Fsp3) is 0.412. The van der Waals surface area contributed by atoms with E-state index in [4.69, 9.17) is 27.8 Å². The van der Waals surface area contributed by atoms with Gasteiger partial charge in [-0.05, 0) is 31.4 Å². The summed E-state index contributed by atoms with van der Waals surface area (Å²) in [5.41, 5.74) is 11.8. The van der Waals surface area contributed by atoms with Crippen molar-refractivity contribution < 1.29 is 14.3 Å². The monoisotopic (exact) mass is 379 g/mol. The first-order chi connectivity index (χ1) is 12.2. The van der Waals surface area contributed by atoms with Gasteiger partial charge in [-0.1, -0.05) is 25.4 Å². The number of rotatable bonds is 7. The number of ether oxygens (including phenoxy) is 2. The van der Waals surface area contributed by atoms with Crippen LogP contribution in [0.15, 0.2) is 24.5 Å². The summed E-state index contributed by atoms with van der Waals surface area (Å²) in [6.07, 6.45) is 2.80. The maximum Gasteiger partial charge on any atom is 0.412 e. The zero-order valence-corrected chi connectivity index (χ0v) is 15.7. The molecule has 2 heterocycles. The number of carbonyl (C=O) groups excluding carboxylic acids is 1. The number of amides is 1. The molecular formula is C17H22ClN5O3. The highest BCUT2D eigenvalue weighted by Gasteiger charge is 2.22. The zero-order valence-electron chi connectivity index (χ0n) is 14.9. The molecule has 1 amide bonds. The van der Waals surface area contributed by atoms with Crippen molar-refractivity contribution in [3.63, 3.8) is 0 Å². The molecule has 0 saturated heterocycles. The molecular weight excluding hydrogens is 358 g/mol. The molecule has 0 radical (unpaired) electrons. The van der Waals surface area contributed by atoms with E-state index in [1.165, 1.54) is 6.20 Å². The average molecular weight is 380 g/mol. The quantitative estimate of drug-likeness (QED) is 0.757. The normalized spacial score (nSPS) is 13.3. The third kappa shape index (κ3) is 5.82. The highest BCUT2D eigenvalue weighted by atomic mass is 35.5. The van der Waals surface area contributed by atoms with E-state index in [-0.39, 0.29) is 6.01 Å². The molecule has 140 valence electrons. The van der Waals surface area contributed by atoms with Crippen LogP contribution in [0.1, 0.15) is 27.2 Å². The largest absolute Gasteiger partial charge is 0.475 e. The van der Waals surface area contributed by atoms with E-state index in [1.807, 2.05) is 6.92 Å². The van der Waals surface area contributed by atoms with E-state index in [2.05, 4.69) is 33.5 Å². The molecule has 8 nitrogen and oxygen atoms in total. The Bertz CT molecular complexity index is 783. The van der Waals surface area contributed by atoms with Crippen LogP contribution in [0.4, 0.5) is 4.79 Å². The molecule has 2 aromatic rings. The van der Waals surface area contributed by atoms with Crippen molar-refractivity contribution in [1.82, 2.24) is 15.0 Å². The minimum absolute atomic E-state index is 0.154. The lowest BCUT2D eigenvalue weighted by Gasteiger charge is -2.26. The Balaban J connectivity index is 2.13. The number of nitrogens with two attached hydrogens (primary N) is 2. The summed E-state index contributed by atoms with van der Waals surface area (Å²) >= 11 is 6.26. The molecule has 0 aliphatic rings. The van der Waals surface area contributed by atoms with Crippen LogP contribution in [0.2, 0.25) is 5.02 Å². The van der Waals surface area contributed by atoms with Gasteiger partial charge in [0.1, 0.15) is 11.6 Å². The number of primary amides is 1.